The van der Waals surface area contributed by atoms with Crippen LogP contribution in [-0.2, 0) is 14.3 Å². The number of nitrogens with one attached hydrogen (secondary N) is 1. The Hall–Kier alpha value is -5.05. The van der Waals surface area contributed by atoms with Gasteiger partial charge < -0.3 is 14.5 Å². The number of hydrogen-bond acceptors (Lipinski definition) is 9. The first kappa shape index (κ1) is 22.2. The van der Waals surface area contributed by atoms with E-state index in [1.54, 1.807) is 24.3 Å². The predicted octanol–water partition coefficient (Wildman–Crippen LogP) is 2.38. The molecule has 3 amide bonds. The summed E-state index contributed by atoms with van der Waals surface area (Å²) in [6, 6.07) is 12.2. The van der Waals surface area contributed by atoms with E-state index >= 15 is 0 Å². The Morgan fingerprint density at radius 2 is 1.91 bits per heavy atom. The van der Waals surface area contributed by atoms with Crippen LogP contribution in [0.2, 0.25) is 0 Å². The highest BCUT2D eigenvalue weighted by atomic mass is 16.6. The van der Waals surface area contributed by atoms with Crippen LogP contribution in [0.1, 0.15) is 32.9 Å². The Labute approximate surface area is 190 Å². The van der Waals surface area contributed by atoms with Crippen molar-refractivity contribution in [2.45, 2.75) is 6.42 Å². The van der Waals surface area contributed by atoms with E-state index in [9.17, 15) is 34.6 Å². The van der Waals surface area contributed by atoms with Gasteiger partial charge in [0.1, 0.15) is 22.9 Å². The summed E-state index contributed by atoms with van der Waals surface area (Å²) >= 11 is 0. The highest BCUT2D eigenvalue weighted by Gasteiger charge is 2.40. The maximum atomic E-state index is 12.5. The van der Waals surface area contributed by atoms with Gasteiger partial charge >= 0.3 is 5.97 Å². The molecule has 12 nitrogen and oxygen atoms in total. The quantitative estimate of drug-likeness (QED) is 0.239. The van der Waals surface area contributed by atoms with Crippen LogP contribution in [0.5, 0.6) is 0 Å². The first-order chi connectivity index (χ1) is 16.3. The van der Waals surface area contributed by atoms with E-state index in [0.717, 1.165) is 11.0 Å². The number of nitriles is 1. The normalized spacial score (nSPS) is 12.4. The molecule has 1 aromatic heterocycles. The second-order valence-electron chi connectivity index (χ2n) is 7.09. The number of imide groups is 1. The summed E-state index contributed by atoms with van der Waals surface area (Å²) in [6.07, 6.45) is -0.426. The topological polar surface area (TPSA) is 173 Å². The van der Waals surface area contributed by atoms with Gasteiger partial charge in [0.15, 0.2) is 6.61 Å². The number of hydrogen-bond donors (Lipinski definition) is 1. The van der Waals surface area contributed by atoms with Crippen molar-refractivity contribution in [3.63, 3.8) is 0 Å². The third kappa shape index (κ3) is 3.93. The van der Waals surface area contributed by atoms with Gasteiger partial charge in [-0.15, -0.1) is 0 Å². The standard InChI is InChI=1S/C22H14N4O8/c23-10-16-20(12-4-1-2-7-15(12)34-16)24-17(27)11-33-18(28)8-9-25-21(29)13-5-3-6-14(26(31)32)19(13)22(25)30/h1-7H,8-9,11H2,(H,24,27). The fraction of sp³-hybridized carbons (Fsp3) is 0.136. The van der Waals surface area contributed by atoms with Gasteiger partial charge in [-0.1, -0.05) is 18.2 Å². The first-order valence-corrected chi connectivity index (χ1v) is 9.82. The lowest BCUT2D eigenvalue weighted by Gasteiger charge is -2.13. The Bertz CT molecular complexity index is 1420. The number of carbonyl (C=O) groups is 4. The fourth-order valence-electron chi connectivity index (χ4n) is 3.52. The molecule has 170 valence electrons. The number of benzene rings is 2. The van der Waals surface area contributed by atoms with E-state index in [1.165, 1.54) is 12.1 Å². The van der Waals surface area contributed by atoms with E-state index in [1.807, 2.05) is 6.07 Å². The molecule has 34 heavy (non-hydrogen) atoms. The zero-order valence-electron chi connectivity index (χ0n) is 17.3. The number of amides is 3. The predicted molar refractivity (Wildman–Crippen MR) is 114 cm³/mol. The molecule has 0 atom stereocenters. The number of esters is 1. The van der Waals surface area contributed by atoms with Gasteiger partial charge in [0.05, 0.1) is 16.9 Å². The molecule has 0 bridgehead atoms. The number of nitro benzene ring substituents is 1. The number of rotatable bonds is 7. The second kappa shape index (κ2) is 8.83. The van der Waals surface area contributed by atoms with E-state index < -0.39 is 47.3 Å². The molecule has 4 rings (SSSR count). The third-order valence-corrected chi connectivity index (χ3v) is 5.04. The van der Waals surface area contributed by atoms with Gasteiger partial charge in [-0.2, -0.15) is 5.26 Å². The SMILES string of the molecule is N#Cc1oc2ccccc2c1NC(=O)COC(=O)CCN1C(=O)c2cccc([N+](=O)[O-])c2C1=O. The Balaban J connectivity index is 1.34. The molecule has 12 heteroatoms. The summed E-state index contributed by atoms with van der Waals surface area (Å²) in [5, 5.41) is 23.3. The van der Waals surface area contributed by atoms with Gasteiger partial charge in [-0.05, 0) is 18.2 Å². The van der Waals surface area contributed by atoms with Crippen LogP contribution in [0, 0.1) is 21.4 Å². The van der Waals surface area contributed by atoms with Crippen molar-refractivity contribution < 1.29 is 33.3 Å². The second-order valence-corrected chi connectivity index (χ2v) is 7.09. The lowest BCUT2D eigenvalue weighted by molar-refractivity contribution is -0.385. The van der Waals surface area contributed by atoms with Crippen LogP contribution in [0.3, 0.4) is 0 Å². The molecule has 2 heterocycles. The molecule has 0 aliphatic carbocycles. The Kier molecular flexibility index (Phi) is 5.75. The van der Waals surface area contributed by atoms with E-state index in [4.69, 9.17) is 9.15 Å². The number of carbonyl (C=O) groups excluding carboxylic acids is 4. The number of fused-ring (bicyclic) bond motifs is 2. The molecule has 0 saturated heterocycles. The summed E-state index contributed by atoms with van der Waals surface area (Å²) in [5.41, 5.74) is -0.404. The van der Waals surface area contributed by atoms with Gasteiger partial charge in [-0.3, -0.25) is 34.2 Å². The van der Waals surface area contributed by atoms with Crippen molar-refractivity contribution in [3.8, 4) is 6.07 Å². The van der Waals surface area contributed by atoms with E-state index in [0.29, 0.717) is 11.0 Å². The molecule has 0 fully saturated rings. The average Bonchev–Trinajstić information content (AvgIpc) is 3.30. The molecule has 3 aromatic rings. The van der Waals surface area contributed by atoms with Crippen molar-refractivity contribution in [3.05, 3.63) is 69.5 Å². The molecule has 1 aliphatic rings. The van der Waals surface area contributed by atoms with Crippen LogP contribution >= 0.6 is 0 Å². The number of nitrogens with zero attached hydrogens (tertiary/aromatic N) is 3. The average molecular weight is 462 g/mol. The molecule has 0 unspecified atom stereocenters. The number of nitro groups is 1. The number of anilines is 1. The maximum absolute atomic E-state index is 12.5. The molecular weight excluding hydrogens is 448 g/mol. The highest BCUT2D eigenvalue weighted by Crippen LogP contribution is 2.31. The minimum Gasteiger partial charge on any atom is -0.456 e. The van der Waals surface area contributed by atoms with Crippen LogP contribution in [0.4, 0.5) is 11.4 Å². The largest absolute Gasteiger partial charge is 0.456 e. The molecule has 0 spiro atoms. The molecule has 1 N–H and O–H groups in total. The fourth-order valence-corrected chi connectivity index (χ4v) is 3.52. The van der Waals surface area contributed by atoms with Crippen LogP contribution in [0.25, 0.3) is 11.0 Å². The smallest absolute Gasteiger partial charge is 0.308 e. The molecule has 0 saturated carbocycles. The first-order valence-electron chi connectivity index (χ1n) is 9.82. The molecule has 2 aromatic carbocycles. The third-order valence-electron chi connectivity index (χ3n) is 5.04. The van der Waals surface area contributed by atoms with Crippen molar-refractivity contribution in [1.29, 1.82) is 5.26 Å². The number of furan rings is 1. The van der Waals surface area contributed by atoms with Gasteiger partial charge in [0, 0.05) is 18.0 Å². The minimum atomic E-state index is -0.881. The lowest BCUT2D eigenvalue weighted by atomic mass is 10.1. The van der Waals surface area contributed by atoms with Crippen LogP contribution in [-0.4, -0.2) is 46.7 Å². The summed E-state index contributed by atoms with van der Waals surface area (Å²) in [4.78, 5) is 60.3. The van der Waals surface area contributed by atoms with E-state index in [-0.39, 0.29) is 29.1 Å². The highest BCUT2D eigenvalue weighted by molar-refractivity contribution is 6.23. The molecule has 1 aliphatic heterocycles. The van der Waals surface area contributed by atoms with Gasteiger partial charge in [0.2, 0.25) is 5.76 Å². The summed E-state index contributed by atoms with van der Waals surface area (Å²) in [6.45, 7) is -1.06. The molecule has 0 radical (unpaired) electrons. The van der Waals surface area contributed by atoms with Crippen molar-refractivity contribution in [1.82, 2.24) is 4.90 Å². The van der Waals surface area contributed by atoms with Crippen molar-refractivity contribution in [2.24, 2.45) is 0 Å². The summed E-state index contributed by atoms with van der Waals surface area (Å²) < 4.78 is 10.2. The van der Waals surface area contributed by atoms with Crippen molar-refractivity contribution >= 4 is 46.0 Å². The zero-order chi connectivity index (χ0) is 24.4. The van der Waals surface area contributed by atoms with E-state index in [2.05, 4.69) is 5.32 Å². The zero-order valence-corrected chi connectivity index (χ0v) is 17.3. The number of para-hydroxylation sites is 1. The summed E-state index contributed by atoms with van der Waals surface area (Å²) in [5.74, 6) is -3.36. The van der Waals surface area contributed by atoms with Gasteiger partial charge in [0.25, 0.3) is 23.4 Å². The Morgan fingerprint density at radius 1 is 1.15 bits per heavy atom. The number of ether oxygens (including phenoxy) is 1. The summed E-state index contributed by atoms with van der Waals surface area (Å²) in [7, 11) is 0. The van der Waals surface area contributed by atoms with Gasteiger partial charge in [-0.25, -0.2) is 0 Å². The molecular formula is C22H14N4O8. The Morgan fingerprint density at radius 3 is 2.65 bits per heavy atom. The lowest BCUT2D eigenvalue weighted by Crippen LogP contribution is -2.32. The maximum Gasteiger partial charge on any atom is 0.308 e. The van der Waals surface area contributed by atoms with Crippen molar-refractivity contribution in [2.75, 3.05) is 18.5 Å². The van der Waals surface area contributed by atoms with Crippen LogP contribution in [0.15, 0.2) is 46.9 Å². The minimum absolute atomic E-state index is 0.111. The monoisotopic (exact) mass is 462 g/mol. The van der Waals surface area contributed by atoms with Crippen LogP contribution < -0.4 is 5.32 Å².